The van der Waals surface area contributed by atoms with Crippen LogP contribution < -0.4 is 10.2 Å². The van der Waals surface area contributed by atoms with Gasteiger partial charge >= 0.3 is 0 Å². The van der Waals surface area contributed by atoms with E-state index in [1.165, 1.54) is 24.1 Å². The Labute approximate surface area is 119 Å². The van der Waals surface area contributed by atoms with Gasteiger partial charge in [-0.2, -0.15) is 0 Å². The summed E-state index contributed by atoms with van der Waals surface area (Å²) in [6.07, 6.45) is 4.35. The molecule has 1 saturated carbocycles. The third-order valence-corrected chi connectivity index (χ3v) is 4.17. The molecule has 0 bridgehead atoms. The number of piperidine rings is 1. The van der Waals surface area contributed by atoms with Crippen molar-refractivity contribution < 1.29 is 5.11 Å². The molecule has 0 radical (unpaired) electrons. The topological polar surface area (TPSA) is 35.5 Å². The van der Waals surface area contributed by atoms with E-state index in [2.05, 4.69) is 16.3 Å². The number of aliphatic hydroxyl groups excluding tert-OH is 1. The van der Waals surface area contributed by atoms with Crippen molar-refractivity contribution in [2.75, 3.05) is 18.0 Å². The first-order valence-electron chi connectivity index (χ1n) is 7.17. The lowest BCUT2D eigenvalue weighted by Gasteiger charge is -2.33. The average Bonchev–Trinajstić information content (AvgIpc) is 3.20. The molecule has 3 nitrogen and oxygen atoms in total. The van der Waals surface area contributed by atoms with Crippen LogP contribution in [0.1, 0.15) is 31.2 Å². The molecular formula is C15H21ClN2O. The summed E-state index contributed by atoms with van der Waals surface area (Å²) >= 11 is 6.12. The third-order valence-electron chi connectivity index (χ3n) is 3.94. The maximum absolute atomic E-state index is 9.83. The summed E-state index contributed by atoms with van der Waals surface area (Å²) in [5.41, 5.74) is 2.46. The largest absolute Gasteiger partial charge is 0.391 e. The van der Waals surface area contributed by atoms with Crippen LogP contribution in [0, 0.1) is 0 Å². The molecule has 1 aromatic carbocycles. The van der Waals surface area contributed by atoms with Crippen molar-refractivity contribution in [1.82, 2.24) is 5.32 Å². The van der Waals surface area contributed by atoms with E-state index in [0.29, 0.717) is 6.04 Å². The van der Waals surface area contributed by atoms with Gasteiger partial charge in [0.1, 0.15) is 0 Å². The molecule has 0 spiro atoms. The summed E-state index contributed by atoms with van der Waals surface area (Å²) in [5.74, 6) is 0. The Kier molecular flexibility index (Phi) is 3.96. The monoisotopic (exact) mass is 280 g/mol. The predicted octanol–water partition coefficient (Wildman–Crippen LogP) is 2.55. The van der Waals surface area contributed by atoms with Gasteiger partial charge in [0.2, 0.25) is 0 Å². The third kappa shape index (κ3) is 3.41. The minimum atomic E-state index is -0.200. The summed E-state index contributed by atoms with van der Waals surface area (Å²) in [4.78, 5) is 2.29. The van der Waals surface area contributed by atoms with Crippen LogP contribution in [0.15, 0.2) is 18.2 Å². The van der Waals surface area contributed by atoms with E-state index in [0.717, 1.165) is 37.5 Å². The maximum Gasteiger partial charge on any atom is 0.0715 e. The van der Waals surface area contributed by atoms with Crippen molar-refractivity contribution in [3.8, 4) is 0 Å². The molecule has 4 heteroatoms. The predicted molar refractivity (Wildman–Crippen MR) is 78.8 cm³/mol. The van der Waals surface area contributed by atoms with Crippen LogP contribution in [0.4, 0.5) is 5.69 Å². The standard InChI is InChI=1S/C15H21ClN2O/c16-12-3-6-15(18-7-1-2-14(19)10-18)11(8-12)9-17-13-4-5-13/h3,6,8,13-14,17,19H,1-2,4-5,7,9-10H2. The van der Waals surface area contributed by atoms with E-state index in [1.54, 1.807) is 0 Å². The summed E-state index contributed by atoms with van der Waals surface area (Å²) < 4.78 is 0. The number of hydrogen-bond donors (Lipinski definition) is 2. The van der Waals surface area contributed by atoms with E-state index in [-0.39, 0.29) is 6.10 Å². The number of β-amino-alcohol motifs (C(OH)–C–C–N with tert-alkyl or cyclic N) is 1. The molecule has 1 heterocycles. The van der Waals surface area contributed by atoms with Crippen LogP contribution in [-0.2, 0) is 6.54 Å². The maximum atomic E-state index is 9.83. The first kappa shape index (κ1) is 13.2. The number of anilines is 1. The first-order chi connectivity index (χ1) is 9.22. The lowest BCUT2D eigenvalue weighted by molar-refractivity contribution is 0.154. The zero-order chi connectivity index (χ0) is 13.2. The van der Waals surface area contributed by atoms with Crippen LogP contribution in [0.2, 0.25) is 5.02 Å². The number of halogens is 1. The SMILES string of the molecule is OC1CCCN(c2ccc(Cl)cc2CNC2CC2)C1. The Balaban J connectivity index is 1.77. The molecule has 3 rings (SSSR count). The van der Waals surface area contributed by atoms with Crippen molar-refractivity contribution in [1.29, 1.82) is 0 Å². The van der Waals surface area contributed by atoms with E-state index < -0.39 is 0 Å². The smallest absolute Gasteiger partial charge is 0.0715 e. The number of hydrogen-bond acceptors (Lipinski definition) is 3. The van der Waals surface area contributed by atoms with Crippen molar-refractivity contribution in [2.45, 2.75) is 44.4 Å². The quantitative estimate of drug-likeness (QED) is 0.890. The Hall–Kier alpha value is -0.770. The van der Waals surface area contributed by atoms with Gasteiger partial charge in [-0.1, -0.05) is 11.6 Å². The molecule has 0 aromatic heterocycles. The zero-order valence-corrected chi connectivity index (χ0v) is 11.9. The van der Waals surface area contributed by atoms with Gasteiger partial charge in [0, 0.05) is 36.4 Å². The molecule has 1 unspecified atom stereocenters. The number of rotatable bonds is 4. The second-order valence-electron chi connectivity index (χ2n) is 5.67. The van der Waals surface area contributed by atoms with Crippen LogP contribution >= 0.6 is 11.6 Å². The van der Waals surface area contributed by atoms with Gasteiger partial charge in [-0.25, -0.2) is 0 Å². The molecule has 1 atom stereocenters. The van der Waals surface area contributed by atoms with Gasteiger partial charge in [-0.15, -0.1) is 0 Å². The molecule has 104 valence electrons. The molecule has 1 aliphatic heterocycles. The molecule has 1 aliphatic carbocycles. The lowest BCUT2D eigenvalue weighted by atomic mass is 10.1. The van der Waals surface area contributed by atoms with Gasteiger partial charge in [0.25, 0.3) is 0 Å². The second kappa shape index (κ2) is 5.70. The highest BCUT2D eigenvalue weighted by molar-refractivity contribution is 6.30. The summed E-state index contributed by atoms with van der Waals surface area (Å²) in [7, 11) is 0. The lowest BCUT2D eigenvalue weighted by Crippen LogP contribution is -2.39. The van der Waals surface area contributed by atoms with Crippen LogP contribution in [0.5, 0.6) is 0 Å². The van der Waals surface area contributed by atoms with E-state index in [4.69, 9.17) is 11.6 Å². The first-order valence-corrected chi connectivity index (χ1v) is 7.55. The van der Waals surface area contributed by atoms with Crippen LogP contribution in [0.3, 0.4) is 0 Å². The number of nitrogens with zero attached hydrogens (tertiary/aromatic N) is 1. The fraction of sp³-hybridized carbons (Fsp3) is 0.600. The Morgan fingerprint density at radius 1 is 1.32 bits per heavy atom. The molecule has 2 aliphatic rings. The minimum Gasteiger partial charge on any atom is -0.391 e. The zero-order valence-electron chi connectivity index (χ0n) is 11.1. The highest BCUT2D eigenvalue weighted by atomic mass is 35.5. The highest BCUT2D eigenvalue weighted by Crippen LogP contribution is 2.28. The minimum absolute atomic E-state index is 0.200. The van der Waals surface area contributed by atoms with E-state index >= 15 is 0 Å². The van der Waals surface area contributed by atoms with Gasteiger partial charge < -0.3 is 15.3 Å². The Morgan fingerprint density at radius 2 is 2.16 bits per heavy atom. The van der Waals surface area contributed by atoms with Gasteiger partial charge in [-0.3, -0.25) is 0 Å². The summed E-state index contributed by atoms with van der Waals surface area (Å²) in [6.45, 7) is 2.63. The molecule has 2 fully saturated rings. The number of benzene rings is 1. The molecule has 2 N–H and O–H groups in total. The van der Waals surface area contributed by atoms with E-state index in [9.17, 15) is 5.11 Å². The van der Waals surface area contributed by atoms with Crippen molar-refractivity contribution >= 4 is 17.3 Å². The van der Waals surface area contributed by atoms with Crippen LogP contribution in [-0.4, -0.2) is 30.3 Å². The summed E-state index contributed by atoms with van der Waals surface area (Å²) in [5, 5.41) is 14.2. The second-order valence-corrected chi connectivity index (χ2v) is 6.11. The van der Waals surface area contributed by atoms with Crippen molar-refractivity contribution in [2.24, 2.45) is 0 Å². The number of nitrogens with one attached hydrogen (secondary N) is 1. The van der Waals surface area contributed by atoms with Gasteiger partial charge in [0.15, 0.2) is 0 Å². The fourth-order valence-electron chi connectivity index (χ4n) is 2.72. The number of aliphatic hydroxyl groups is 1. The van der Waals surface area contributed by atoms with Gasteiger partial charge in [-0.05, 0) is 49.4 Å². The van der Waals surface area contributed by atoms with E-state index in [1.807, 2.05) is 12.1 Å². The van der Waals surface area contributed by atoms with Crippen molar-refractivity contribution in [3.05, 3.63) is 28.8 Å². The molecule has 1 saturated heterocycles. The summed E-state index contributed by atoms with van der Waals surface area (Å²) in [6, 6.07) is 6.77. The molecule has 19 heavy (non-hydrogen) atoms. The normalized spacial score (nSPS) is 23.7. The highest BCUT2D eigenvalue weighted by Gasteiger charge is 2.23. The van der Waals surface area contributed by atoms with Gasteiger partial charge in [0.05, 0.1) is 6.10 Å². The molecule has 1 aromatic rings. The molecule has 0 amide bonds. The van der Waals surface area contributed by atoms with Crippen molar-refractivity contribution in [3.63, 3.8) is 0 Å². The Morgan fingerprint density at radius 3 is 2.89 bits per heavy atom. The Bertz CT molecular complexity index is 448. The molecular weight excluding hydrogens is 260 g/mol. The average molecular weight is 281 g/mol. The fourth-order valence-corrected chi connectivity index (χ4v) is 2.91. The van der Waals surface area contributed by atoms with Crippen LogP contribution in [0.25, 0.3) is 0 Å².